The summed E-state index contributed by atoms with van der Waals surface area (Å²) in [6, 6.07) is 21.1. The van der Waals surface area contributed by atoms with Crippen LogP contribution in [0.3, 0.4) is 0 Å². The van der Waals surface area contributed by atoms with Gasteiger partial charge in [0.2, 0.25) is 0 Å². The summed E-state index contributed by atoms with van der Waals surface area (Å²) in [5, 5.41) is 8.23. The predicted octanol–water partition coefficient (Wildman–Crippen LogP) is 7.84. The minimum absolute atomic E-state index is 1.13. The van der Waals surface area contributed by atoms with Crippen LogP contribution in [-0.2, 0) is 12.8 Å². The molecule has 0 saturated carbocycles. The highest BCUT2D eigenvalue weighted by Crippen LogP contribution is 2.37. The minimum Gasteiger partial charge on any atom is -0.0652 e. The van der Waals surface area contributed by atoms with Crippen LogP contribution in [0.25, 0.3) is 38.4 Å². The normalized spacial score (nSPS) is 13.5. The quantitative estimate of drug-likeness (QED) is 0.260. The zero-order valence-electron chi connectivity index (χ0n) is 16.3. The Morgan fingerprint density at radius 3 is 2.33 bits per heavy atom. The maximum absolute atomic E-state index is 2.45. The van der Waals surface area contributed by atoms with Gasteiger partial charge < -0.3 is 0 Å². The smallest absolute Gasteiger partial charge is 0.00576 e. The molecule has 0 unspecified atom stereocenters. The number of fused-ring (bicyclic) bond motifs is 6. The second-order valence-corrected chi connectivity index (χ2v) is 8.03. The van der Waals surface area contributed by atoms with Crippen molar-refractivity contribution in [3.63, 3.8) is 0 Å². The first-order valence-corrected chi connectivity index (χ1v) is 10.4. The van der Waals surface area contributed by atoms with Crippen LogP contribution in [0.1, 0.15) is 49.8 Å². The molecular formula is C27H26. The summed E-state index contributed by atoms with van der Waals surface area (Å²) >= 11 is 0. The first-order chi connectivity index (χ1) is 13.3. The number of aryl methyl sites for hydroxylation is 1. The maximum Gasteiger partial charge on any atom is -0.00576 e. The van der Waals surface area contributed by atoms with Crippen LogP contribution in [0.2, 0.25) is 0 Å². The molecule has 0 heterocycles. The van der Waals surface area contributed by atoms with Crippen molar-refractivity contribution in [2.45, 2.75) is 46.0 Å². The molecule has 4 aromatic rings. The van der Waals surface area contributed by atoms with Gasteiger partial charge in [0.05, 0.1) is 0 Å². The molecule has 0 saturated heterocycles. The minimum atomic E-state index is 1.13. The first-order valence-electron chi connectivity index (χ1n) is 10.4. The third kappa shape index (κ3) is 2.75. The highest BCUT2D eigenvalue weighted by molar-refractivity contribution is 6.14. The Morgan fingerprint density at radius 1 is 0.667 bits per heavy atom. The number of benzene rings is 4. The fourth-order valence-corrected chi connectivity index (χ4v) is 4.76. The fraction of sp³-hybridized carbons (Fsp3) is 0.259. The summed E-state index contributed by atoms with van der Waals surface area (Å²) in [5.41, 5.74) is 5.98. The summed E-state index contributed by atoms with van der Waals surface area (Å²) in [5.74, 6) is 0. The molecule has 0 aromatic heterocycles. The number of hydrogen-bond donors (Lipinski definition) is 0. The average molecular weight is 351 g/mol. The van der Waals surface area contributed by atoms with E-state index in [0.29, 0.717) is 0 Å². The largest absolute Gasteiger partial charge is 0.0652 e. The van der Waals surface area contributed by atoms with Crippen molar-refractivity contribution < 1.29 is 0 Å². The van der Waals surface area contributed by atoms with Crippen LogP contribution in [0.15, 0.2) is 60.2 Å². The third-order valence-electron chi connectivity index (χ3n) is 6.05. The van der Waals surface area contributed by atoms with Gasteiger partial charge in [-0.15, -0.1) is 0 Å². The molecule has 0 aliphatic heterocycles. The van der Waals surface area contributed by atoms with E-state index in [1.54, 1.807) is 5.57 Å². The van der Waals surface area contributed by atoms with Gasteiger partial charge in [-0.3, -0.25) is 0 Å². The standard InChI is InChI=1S/C27H26/c1-3-5-18-7-8-20-17-27-22(16-23(20)13-18)10-12-24-25(27)11-9-21-14-19(6-4-2)15-26(21)24/h7-13,15-17H,3-6,14H2,1-2H3. The zero-order valence-corrected chi connectivity index (χ0v) is 16.3. The molecule has 134 valence electrons. The second kappa shape index (κ2) is 6.53. The molecule has 0 amide bonds. The van der Waals surface area contributed by atoms with Gasteiger partial charge in [-0.2, -0.15) is 0 Å². The molecule has 4 aromatic carbocycles. The van der Waals surface area contributed by atoms with Crippen molar-refractivity contribution in [2.24, 2.45) is 0 Å². The lowest BCUT2D eigenvalue weighted by Gasteiger charge is -2.10. The van der Waals surface area contributed by atoms with Crippen molar-refractivity contribution in [2.75, 3.05) is 0 Å². The van der Waals surface area contributed by atoms with E-state index in [9.17, 15) is 0 Å². The molecule has 5 rings (SSSR count). The lowest BCUT2D eigenvalue weighted by atomic mass is 9.94. The Morgan fingerprint density at radius 2 is 1.48 bits per heavy atom. The van der Waals surface area contributed by atoms with E-state index in [1.165, 1.54) is 68.3 Å². The first kappa shape index (κ1) is 16.6. The highest BCUT2D eigenvalue weighted by atomic mass is 14.2. The van der Waals surface area contributed by atoms with Crippen molar-refractivity contribution in [3.8, 4) is 0 Å². The summed E-state index contributed by atoms with van der Waals surface area (Å²) in [7, 11) is 0. The van der Waals surface area contributed by atoms with E-state index in [-0.39, 0.29) is 0 Å². The lowest BCUT2D eigenvalue weighted by molar-refractivity contribution is 0.886. The molecular weight excluding hydrogens is 324 g/mol. The van der Waals surface area contributed by atoms with Crippen LogP contribution in [0.5, 0.6) is 0 Å². The van der Waals surface area contributed by atoms with Crippen molar-refractivity contribution >= 4 is 38.4 Å². The Hall–Kier alpha value is -2.60. The molecule has 1 aliphatic rings. The molecule has 0 nitrogen and oxygen atoms in total. The highest BCUT2D eigenvalue weighted by Gasteiger charge is 2.15. The van der Waals surface area contributed by atoms with Crippen molar-refractivity contribution in [1.29, 1.82) is 0 Å². The summed E-state index contributed by atoms with van der Waals surface area (Å²) in [6.07, 6.45) is 8.38. The summed E-state index contributed by atoms with van der Waals surface area (Å²) in [4.78, 5) is 0. The fourth-order valence-electron chi connectivity index (χ4n) is 4.76. The Balaban J connectivity index is 1.73. The van der Waals surface area contributed by atoms with Crippen LogP contribution in [0, 0.1) is 0 Å². The van der Waals surface area contributed by atoms with E-state index in [4.69, 9.17) is 0 Å². The average Bonchev–Trinajstić information content (AvgIpc) is 3.09. The maximum atomic E-state index is 2.45. The molecule has 0 N–H and O–H groups in total. The predicted molar refractivity (Wildman–Crippen MR) is 120 cm³/mol. The molecule has 1 aliphatic carbocycles. The molecule has 0 heteroatoms. The van der Waals surface area contributed by atoms with E-state index >= 15 is 0 Å². The third-order valence-corrected chi connectivity index (χ3v) is 6.05. The lowest BCUT2D eigenvalue weighted by Crippen LogP contribution is -1.88. The van der Waals surface area contributed by atoms with Gasteiger partial charge in [-0.25, -0.2) is 0 Å². The SMILES string of the molecule is CCCC1=Cc2c(ccc3c2ccc2cc4cc(CCC)ccc4cc23)C1. The van der Waals surface area contributed by atoms with E-state index < -0.39 is 0 Å². The van der Waals surface area contributed by atoms with E-state index in [1.807, 2.05) is 0 Å². The summed E-state index contributed by atoms with van der Waals surface area (Å²) < 4.78 is 0. The van der Waals surface area contributed by atoms with Crippen LogP contribution in [0.4, 0.5) is 0 Å². The Bertz CT molecular complexity index is 1210. The van der Waals surface area contributed by atoms with Gasteiger partial charge in [0.25, 0.3) is 0 Å². The second-order valence-electron chi connectivity index (χ2n) is 8.03. The topological polar surface area (TPSA) is 0 Å². The Kier molecular flexibility index (Phi) is 4.01. The van der Waals surface area contributed by atoms with E-state index in [2.05, 4.69) is 74.5 Å². The van der Waals surface area contributed by atoms with Gasteiger partial charge in [-0.05, 0) is 80.4 Å². The van der Waals surface area contributed by atoms with Crippen LogP contribution >= 0.6 is 0 Å². The monoisotopic (exact) mass is 350 g/mol. The van der Waals surface area contributed by atoms with Crippen molar-refractivity contribution in [3.05, 3.63) is 76.9 Å². The zero-order chi connectivity index (χ0) is 18.4. The number of allylic oxidation sites excluding steroid dienone is 1. The van der Waals surface area contributed by atoms with Gasteiger partial charge in [0.1, 0.15) is 0 Å². The molecule has 0 atom stereocenters. The van der Waals surface area contributed by atoms with Gasteiger partial charge in [-0.1, -0.05) is 80.8 Å². The number of rotatable bonds is 4. The molecule has 0 bridgehead atoms. The summed E-state index contributed by atoms with van der Waals surface area (Å²) in [6.45, 7) is 4.52. The Labute approximate surface area is 161 Å². The number of hydrogen-bond acceptors (Lipinski definition) is 0. The molecule has 0 spiro atoms. The van der Waals surface area contributed by atoms with Gasteiger partial charge >= 0.3 is 0 Å². The van der Waals surface area contributed by atoms with Crippen LogP contribution in [-0.4, -0.2) is 0 Å². The van der Waals surface area contributed by atoms with Crippen LogP contribution < -0.4 is 0 Å². The molecule has 27 heavy (non-hydrogen) atoms. The van der Waals surface area contributed by atoms with E-state index in [0.717, 1.165) is 12.8 Å². The van der Waals surface area contributed by atoms with Gasteiger partial charge in [0.15, 0.2) is 0 Å². The van der Waals surface area contributed by atoms with Crippen molar-refractivity contribution in [1.82, 2.24) is 0 Å². The molecule has 0 fully saturated rings. The van der Waals surface area contributed by atoms with Gasteiger partial charge in [0, 0.05) is 0 Å². The molecule has 0 radical (unpaired) electrons.